The van der Waals surface area contributed by atoms with Crippen molar-refractivity contribution in [3.05, 3.63) is 29.7 Å². The molecule has 3 rings (SSSR count). The minimum absolute atomic E-state index is 0.0442. The van der Waals surface area contributed by atoms with Gasteiger partial charge < -0.3 is 10.1 Å². The molecule has 11 heteroatoms. The highest BCUT2D eigenvalue weighted by atomic mass is 32.2. The van der Waals surface area contributed by atoms with Crippen LogP contribution in [-0.4, -0.2) is 39.4 Å². The molecule has 0 bridgehead atoms. The van der Waals surface area contributed by atoms with E-state index in [0.29, 0.717) is 22.5 Å². The molecule has 0 aromatic carbocycles. The normalized spacial score (nSPS) is 11.6. The number of carboxylic acids is 1. The summed E-state index contributed by atoms with van der Waals surface area (Å²) in [6.45, 7) is 0. The predicted molar refractivity (Wildman–Crippen MR) is 73.8 cm³/mol. The molecule has 0 radical (unpaired) electrons. The first-order chi connectivity index (χ1) is 9.97. The van der Waals surface area contributed by atoms with Crippen molar-refractivity contribution in [2.45, 2.75) is 4.21 Å². The van der Waals surface area contributed by atoms with Gasteiger partial charge in [-0.05, 0) is 12.1 Å². The fourth-order valence-electron chi connectivity index (χ4n) is 1.60. The summed E-state index contributed by atoms with van der Waals surface area (Å²) in [5, 5.41) is 8.83. The number of aromatic nitrogens is 4. The molecule has 0 aliphatic heterocycles. The van der Waals surface area contributed by atoms with Crippen molar-refractivity contribution in [1.82, 2.24) is 19.9 Å². The number of nitrogens with one attached hydrogen (secondary N) is 2. The summed E-state index contributed by atoms with van der Waals surface area (Å²) >= 11 is 0.655. The lowest BCUT2D eigenvalue weighted by Crippen LogP contribution is -2.13. The molecule has 9 nitrogen and oxygen atoms in total. The fourth-order valence-corrected chi connectivity index (χ4v) is 3.77. The van der Waals surface area contributed by atoms with E-state index in [1.54, 1.807) is 0 Å². The molecule has 0 saturated heterocycles. The summed E-state index contributed by atoms with van der Waals surface area (Å²) in [5.74, 6) is -1.14. The maximum atomic E-state index is 12.2. The van der Waals surface area contributed by atoms with Crippen LogP contribution in [0.2, 0.25) is 0 Å². The van der Waals surface area contributed by atoms with Crippen LogP contribution in [0, 0.1) is 0 Å². The van der Waals surface area contributed by atoms with E-state index in [1.807, 2.05) is 0 Å². The number of aromatic amines is 1. The maximum absolute atomic E-state index is 12.2. The zero-order valence-electron chi connectivity index (χ0n) is 10.1. The monoisotopic (exact) mass is 325 g/mol. The quantitative estimate of drug-likeness (QED) is 0.648. The van der Waals surface area contributed by atoms with E-state index < -0.39 is 16.0 Å². The highest BCUT2D eigenvalue weighted by Gasteiger charge is 2.21. The third-order valence-electron chi connectivity index (χ3n) is 2.51. The average Bonchev–Trinajstić information content (AvgIpc) is 3.08. The Labute approximate surface area is 121 Å². The van der Waals surface area contributed by atoms with Gasteiger partial charge in [0.25, 0.3) is 10.0 Å². The number of hydrogen-bond donors (Lipinski definition) is 3. The molecule has 0 amide bonds. The number of rotatable bonds is 4. The molecule has 0 aliphatic carbocycles. The van der Waals surface area contributed by atoms with Gasteiger partial charge in [-0.25, -0.2) is 28.2 Å². The molecule has 3 aromatic rings. The van der Waals surface area contributed by atoms with E-state index >= 15 is 0 Å². The number of thiophene rings is 1. The highest BCUT2D eigenvalue weighted by Crippen LogP contribution is 2.25. The average molecular weight is 325 g/mol. The van der Waals surface area contributed by atoms with Gasteiger partial charge in [-0.2, -0.15) is 0 Å². The van der Waals surface area contributed by atoms with Crippen LogP contribution in [0.15, 0.2) is 29.0 Å². The first kappa shape index (κ1) is 13.5. The highest BCUT2D eigenvalue weighted by molar-refractivity contribution is 7.94. The Morgan fingerprint density at radius 1 is 1.29 bits per heavy atom. The zero-order valence-corrected chi connectivity index (χ0v) is 11.8. The predicted octanol–water partition coefficient (Wildman–Crippen LogP) is 0.913. The topological polar surface area (TPSA) is 138 Å². The van der Waals surface area contributed by atoms with Gasteiger partial charge in [-0.1, -0.05) is 0 Å². The lowest BCUT2D eigenvalue weighted by atomic mass is 10.5. The second-order valence-electron chi connectivity index (χ2n) is 3.85. The largest absolute Gasteiger partial charge is 0.477 e. The lowest BCUT2D eigenvalue weighted by molar-refractivity contribution is 0.0702. The molecule has 3 aromatic heterocycles. The Balaban J connectivity index is 1.99. The van der Waals surface area contributed by atoms with Crippen LogP contribution in [0.3, 0.4) is 0 Å². The number of carboxylic acid groups (broad SMARTS) is 1. The number of aromatic carboxylic acids is 1. The van der Waals surface area contributed by atoms with Crippen molar-refractivity contribution in [2.24, 2.45) is 0 Å². The zero-order chi connectivity index (χ0) is 15.0. The number of anilines is 1. The van der Waals surface area contributed by atoms with Crippen LogP contribution in [0.1, 0.15) is 9.67 Å². The van der Waals surface area contributed by atoms with Crippen molar-refractivity contribution >= 4 is 44.3 Å². The van der Waals surface area contributed by atoms with Gasteiger partial charge in [0.15, 0.2) is 11.5 Å². The molecule has 3 heterocycles. The number of hydrogen-bond acceptors (Lipinski definition) is 7. The minimum Gasteiger partial charge on any atom is -0.477 e. The Hall–Kier alpha value is -2.53. The van der Waals surface area contributed by atoms with Crippen LogP contribution >= 0.6 is 11.3 Å². The van der Waals surface area contributed by atoms with E-state index in [2.05, 4.69) is 24.7 Å². The summed E-state index contributed by atoms with van der Waals surface area (Å²) in [4.78, 5) is 25.1. The molecule has 0 aliphatic rings. The van der Waals surface area contributed by atoms with Crippen molar-refractivity contribution < 1.29 is 18.3 Å². The molecular weight excluding hydrogens is 318 g/mol. The molecule has 21 heavy (non-hydrogen) atoms. The third-order valence-corrected chi connectivity index (χ3v) is 5.42. The summed E-state index contributed by atoms with van der Waals surface area (Å²) in [6, 6.07) is 2.45. The number of sulfonamides is 1. The first-order valence-corrected chi connectivity index (χ1v) is 7.77. The van der Waals surface area contributed by atoms with Crippen LogP contribution < -0.4 is 4.72 Å². The Morgan fingerprint density at radius 3 is 2.81 bits per heavy atom. The van der Waals surface area contributed by atoms with E-state index in [9.17, 15) is 13.2 Å². The van der Waals surface area contributed by atoms with E-state index in [4.69, 9.17) is 5.11 Å². The Morgan fingerprint density at radius 2 is 2.10 bits per heavy atom. The van der Waals surface area contributed by atoms with Crippen LogP contribution in [0.5, 0.6) is 0 Å². The van der Waals surface area contributed by atoms with E-state index in [0.717, 1.165) is 0 Å². The van der Waals surface area contributed by atoms with Crippen molar-refractivity contribution in [1.29, 1.82) is 0 Å². The van der Waals surface area contributed by atoms with Crippen molar-refractivity contribution in [2.75, 3.05) is 4.72 Å². The summed E-state index contributed by atoms with van der Waals surface area (Å²) in [6.07, 6.45) is 2.54. The SMILES string of the molecule is O=C(O)c1ccc(S(=O)(=O)Nc2ncnc3nc[nH]c23)s1. The maximum Gasteiger partial charge on any atom is 0.345 e. The molecule has 0 atom stereocenters. The summed E-state index contributed by atoms with van der Waals surface area (Å²) in [7, 11) is -3.93. The number of imidazole rings is 1. The summed E-state index contributed by atoms with van der Waals surface area (Å²) in [5.41, 5.74) is 0.663. The Bertz CT molecular complexity index is 930. The first-order valence-electron chi connectivity index (χ1n) is 5.47. The number of nitrogens with zero attached hydrogens (tertiary/aromatic N) is 3. The van der Waals surface area contributed by atoms with E-state index in [1.165, 1.54) is 24.8 Å². The third kappa shape index (κ3) is 2.43. The van der Waals surface area contributed by atoms with Crippen molar-refractivity contribution in [3.8, 4) is 0 Å². The van der Waals surface area contributed by atoms with Gasteiger partial charge in [-0.15, -0.1) is 11.3 Å². The van der Waals surface area contributed by atoms with Gasteiger partial charge in [-0.3, -0.25) is 4.72 Å². The minimum atomic E-state index is -3.93. The van der Waals surface area contributed by atoms with Gasteiger partial charge in [0.1, 0.15) is 20.9 Å². The molecule has 108 valence electrons. The molecule has 0 unspecified atom stereocenters. The fraction of sp³-hybridized carbons (Fsp3) is 0. The van der Waals surface area contributed by atoms with E-state index in [-0.39, 0.29) is 14.9 Å². The molecule has 0 saturated carbocycles. The Kier molecular flexibility index (Phi) is 3.07. The second kappa shape index (κ2) is 4.79. The number of fused-ring (bicyclic) bond motifs is 1. The molecule has 0 fully saturated rings. The van der Waals surface area contributed by atoms with Gasteiger partial charge in [0.05, 0.1) is 6.33 Å². The van der Waals surface area contributed by atoms with Gasteiger partial charge >= 0.3 is 5.97 Å². The number of H-pyrrole nitrogens is 1. The molecule has 3 N–H and O–H groups in total. The van der Waals surface area contributed by atoms with Gasteiger partial charge in [0.2, 0.25) is 0 Å². The van der Waals surface area contributed by atoms with Crippen molar-refractivity contribution in [3.63, 3.8) is 0 Å². The molecular formula is C10H7N5O4S2. The number of carbonyl (C=O) groups is 1. The molecule has 0 spiro atoms. The standard InChI is InChI=1S/C10H7N5O4S2/c16-10(17)5-1-2-6(20-5)21(18,19)15-9-7-8(12-3-11-7)13-4-14-9/h1-4H,(H,16,17)(H2,11,12,13,14,15). The summed E-state index contributed by atoms with van der Waals surface area (Å²) < 4.78 is 26.6. The van der Waals surface area contributed by atoms with Gasteiger partial charge in [0, 0.05) is 0 Å². The second-order valence-corrected chi connectivity index (χ2v) is 6.85. The van der Waals surface area contributed by atoms with Crippen LogP contribution in [0.25, 0.3) is 11.2 Å². The van der Waals surface area contributed by atoms with Crippen LogP contribution in [-0.2, 0) is 10.0 Å². The lowest BCUT2D eigenvalue weighted by Gasteiger charge is -2.05. The van der Waals surface area contributed by atoms with Crippen LogP contribution in [0.4, 0.5) is 5.82 Å². The smallest absolute Gasteiger partial charge is 0.345 e.